The van der Waals surface area contributed by atoms with Crippen LogP contribution in [0.1, 0.15) is 25.3 Å². The molecule has 0 fully saturated rings. The second-order valence-electron chi connectivity index (χ2n) is 4.37. The third-order valence-corrected chi connectivity index (χ3v) is 2.87. The summed E-state index contributed by atoms with van der Waals surface area (Å²) in [5.41, 5.74) is 3.87. The van der Waals surface area contributed by atoms with Crippen LogP contribution in [0.25, 0.3) is 0 Å². The molecular weight excluding hydrogens is 242 g/mol. The second-order valence-corrected chi connectivity index (χ2v) is 4.37. The highest BCUT2D eigenvalue weighted by molar-refractivity contribution is 5.44. The molecule has 0 aliphatic heterocycles. The van der Waals surface area contributed by atoms with Crippen molar-refractivity contribution in [1.82, 2.24) is 9.66 Å². The predicted octanol–water partition coefficient (Wildman–Crippen LogP) is 1.75. The Morgan fingerprint density at radius 1 is 1.16 bits per heavy atom. The van der Waals surface area contributed by atoms with E-state index in [2.05, 4.69) is 17.3 Å². The molecule has 0 aliphatic rings. The number of aromatic nitrogens is 2. The molecule has 1 aromatic heterocycles. The zero-order valence-electron chi connectivity index (χ0n) is 10.8. The number of nitrogens with zero attached hydrogens (tertiary/aromatic N) is 1. The molecule has 0 unspecified atom stereocenters. The van der Waals surface area contributed by atoms with Gasteiger partial charge in [-0.3, -0.25) is 10.2 Å². The van der Waals surface area contributed by atoms with Gasteiger partial charge in [0, 0.05) is 12.3 Å². The lowest BCUT2D eigenvalue weighted by Crippen LogP contribution is -2.38. The van der Waals surface area contributed by atoms with Crippen LogP contribution >= 0.6 is 0 Å². The number of unbranched alkanes of at least 4 members (excludes halogenated alkanes) is 1. The standard InChI is InChI=1S/C14H17N3O2/c1-2-3-4-11-5-7-12(8-6-11)16-17-13(18)9-10-15-14(17)19/h5-10,16H,2-4H2,1H3,(H,15,19). The monoisotopic (exact) mass is 259 g/mol. The first-order valence-electron chi connectivity index (χ1n) is 6.37. The number of aromatic amines is 1. The molecule has 0 amide bonds. The van der Waals surface area contributed by atoms with Crippen LogP contribution in [0.3, 0.4) is 0 Å². The van der Waals surface area contributed by atoms with Gasteiger partial charge in [0.2, 0.25) is 0 Å². The Balaban J connectivity index is 2.16. The van der Waals surface area contributed by atoms with Crippen molar-refractivity contribution in [3.8, 4) is 0 Å². The Hall–Kier alpha value is -2.30. The van der Waals surface area contributed by atoms with Gasteiger partial charge in [0.15, 0.2) is 0 Å². The molecule has 1 heterocycles. The minimum atomic E-state index is -0.484. The Bertz CT molecular complexity index is 612. The van der Waals surface area contributed by atoms with Crippen molar-refractivity contribution >= 4 is 5.69 Å². The maximum atomic E-state index is 11.5. The summed E-state index contributed by atoms with van der Waals surface area (Å²) in [5, 5.41) is 0. The van der Waals surface area contributed by atoms with Gasteiger partial charge in [-0.2, -0.15) is 4.68 Å². The number of rotatable bonds is 5. The van der Waals surface area contributed by atoms with E-state index in [0.29, 0.717) is 5.69 Å². The molecule has 2 aromatic rings. The Labute approximate surface area is 110 Å². The van der Waals surface area contributed by atoms with Crippen LogP contribution in [0.2, 0.25) is 0 Å². The minimum absolute atomic E-state index is 0.390. The molecule has 1 aromatic carbocycles. The zero-order valence-corrected chi connectivity index (χ0v) is 10.8. The summed E-state index contributed by atoms with van der Waals surface area (Å²) in [5.74, 6) is 0. The third-order valence-electron chi connectivity index (χ3n) is 2.87. The Morgan fingerprint density at radius 2 is 1.89 bits per heavy atom. The number of hydrogen-bond donors (Lipinski definition) is 2. The third kappa shape index (κ3) is 3.34. The normalized spacial score (nSPS) is 10.4. The topological polar surface area (TPSA) is 66.9 Å². The van der Waals surface area contributed by atoms with Gasteiger partial charge in [-0.25, -0.2) is 4.79 Å². The highest BCUT2D eigenvalue weighted by Gasteiger charge is 2.00. The molecule has 5 heteroatoms. The molecule has 0 atom stereocenters. The smallest absolute Gasteiger partial charge is 0.312 e. The number of H-pyrrole nitrogens is 1. The number of nitrogens with one attached hydrogen (secondary N) is 2. The first-order valence-corrected chi connectivity index (χ1v) is 6.37. The van der Waals surface area contributed by atoms with Crippen LogP contribution in [0, 0.1) is 0 Å². The molecule has 5 nitrogen and oxygen atoms in total. The maximum Gasteiger partial charge on any atom is 0.347 e. The first-order chi connectivity index (χ1) is 9.20. The summed E-state index contributed by atoms with van der Waals surface area (Å²) in [4.78, 5) is 25.5. The van der Waals surface area contributed by atoms with Crippen molar-refractivity contribution < 1.29 is 0 Å². The van der Waals surface area contributed by atoms with Crippen LogP contribution in [0.5, 0.6) is 0 Å². The lowest BCUT2D eigenvalue weighted by Gasteiger charge is -2.08. The van der Waals surface area contributed by atoms with Crippen molar-refractivity contribution in [2.45, 2.75) is 26.2 Å². The van der Waals surface area contributed by atoms with Gasteiger partial charge in [0.25, 0.3) is 5.56 Å². The lowest BCUT2D eigenvalue weighted by atomic mass is 10.1. The summed E-state index contributed by atoms with van der Waals surface area (Å²) in [7, 11) is 0. The van der Waals surface area contributed by atoms with E-state index in [1.807, 2.05) is 24.3 Å². The molecule has 0 bridgehead atoms. The van der Waals surface area contributed by atoms with E-state index in [1.54, 1.807) is 0 Å². The van der Waals surface area contributed by atoms with E-state index >= 15 is 0 Å². The molecule has 0 saturated heterocycles. The molecule has 2 rings (SSSR count). The number of aryl methyl sites for hydroxylation is 1. The van der Waals surface area contributed by atoms with E-state index in [1.165, 1.54) is 17.8 Å². The largest absolute Gasteiger partial charge is 0.347 e. The fraction of sp³-hybridized carbons (Fsp3) is 0.286. The summed E-state index contributed by atoms with van der Waals surface area (Å²) in [6.45, 7) is 2.16. The maximum absolute atomic E-state index is 11.5. The molecule has 100 valence electrons. The summed E-state index contributed by atoms with van der Waals surface area (Å²) in [6.07, 6.45) is 4.69. The van der Waals surface area contributed by atoms with Gasteiger partial charge in [-0.1, -0.05) is 25.5 Å². The van der Waals surface area contributed by atoms with E-state index in [4.69, 9.17) is 0 Å². The van der Waals surface area contributed by atoms with Crippen molar-refractivity contribution in [2.24, 2.45) is 0 Å². The van der Waals surface area contributed by atoms with Crippen LogP contribution in [-0.4, -0.2) is 9.66 Å². The number of anilines is 1. The lowest BCUT2D eigenvalue weighted by molar-refractivity contribution is 0.793. The molecule has 0 aliphatic carbocycles. The zero-order chi connectivity index (χ0) is 13.7. The molecule has 0 radical (unpaired) electrons. The molecule has 19 heavy (non-hydrogen) atoms. The summed E-state index contributed by atoms with van der Waals surface area (Å²) < 4.78 is 0.945. The van der Waals surface area contributed by atoms with Gasteiger partial charge in [-0.15, -0.1) is 0 Å². The summed E-state index contributed by atoms with van der Waals surface area (Å²) >= 11 is 0. The Morgan fingerprint density at radius 3 is 2.53 bits per heavy atom. The van der Waals surface area contributed by atoms with Crippen molar-refractivity contribution in [2.75, 3.05) is 5.43 Å². The van der Waals surface area contributed by atoms with Gasteiger partial charge in [-0.05, 0) is 30.5 Å². The van der Waals surface area contributed by atoms with Gasteiger partial charge < -0.3 is 4.98 Å². The highest BCUT2D eigenvalue weighted by Crippen LogP contribution is 2.11. The number of benzene rings is 1. The van der Waals surface area contributed by atoms with Gasteiger partial charge in [0.05, 0.1) is 5.69 Å². The molecule has 2 N–H and O–H groups in total. The SMILES string of the molecule is CCCCc1ccc(Nn2c(=O)cc[nH]c2=O)cc1. The average Bonchev–Trinajstić information content (AvgIpc) is 2.42. The molecule has 0 saturated carbocycles. The second kappa shape index (κ2) is 6.04. The fourth-order valence-corrected chi connectivity index (χ4v) is 1.79. The summed E-state index contributed by atoms with van der Waals surface area (Å²) in [6, 6.07) is 9.03. The van der Waals surface area contributed by atoms with E-state index in [9.17, 15) is 9.59 Å². The Kier molecular flexibility index (Phi) is 4.18. The van der Waals surface area contributed by atoms with Crippen LogP contribution in [-0.2, 0) is 6.42 Å². The quantitative estimate of drug-likeness (QED) is 0.859. The average molecular weight is 259 g/mol. The fourth-order valence-electron chi connectivity index (χ4n) is 1.79. The van der Waals surface area contributed by atoms with E-state index in [-0.39, 0.29) is 5.56 Å². The van der Waals surface area contributed by atoms with Crippen molar-refractivity contribution in [3.63, 3.8) is 0 Å². The first kappa shape index (κ1) is 13.1. The van der Waals surface area contributed by atoms with Gasteiger partial charge >= 0.3 is 5.69 Å². The van der Waals surface area contributed by atoms with Crippen molar-refractivity contribution in [1.29, 1.82) is 0 Å². The number of hydrogen-bond acceptors (Lipinski definition) is 3. The predicted molar refractivity (Wildman–Crippen MR) is 75.4 cm³/mol. The van der Waals surface area contributed by atoms with Crippen LogP contribution < -0.4 is 16.7 Å². The van der Waals surface area contributed by atoms with Crippen LogP contribution in [0.4, 0.5) is 5.69 Å². The minimum Gasteiger partial charge on any atom is -0.312 e. The van der Waals surface area contributed by atoms with E-state index < -0.39 is 5.69 Å². The highest BCUT2D eigenvalue weighted by atomic mass is 16.2. The van der Waals surface area contributed by atoms with Gasteiger partial charge in [0.1, 0.15) is 0 Å². The molecular formula is C14H17N3O2. The van der Waals surface area contributed by atoms with Crippen LogP contribution in [0.15, 0.2) is 46.1 Å². The van der Waals surface area contributed by atoms with E-state index in [0.717, 1.165) is 23.9 Å². The van der Waals surface area contributed by atoms with Crippen molar-refractivity contribution in [3.05, 3.63) is 62.9 Å². The molecule has 0 spiro atoms.